The minimum atomic E-state index is -4.69. The lowest BCUT2D eigenvalue weighted by Gasteiger charge is -2.16. The van der Waals surface area contributed by atoms with E-state index in [-0.39, 0.29) is 42.8 Å². The van der Waals surface area contributed by atoms with Crippen LogP contribution >= 0.6 is 46.1 Å². The highest BCUT2D eigenvalue weighted by molar-refractivity contribution is 7.12. The van der Waals surface area contributed by atoms with Crippen LogP contribution in [0.2, 0.25) is 15.1 Å². The minimum Gasteiger partial charge on any atom is -0.465 e. The summed E-state index contributed by atoms with van der Waals surface area (Å²) >= 11 is 18.9. The average Bonchev–Trinajstić information content (AvgIpc) is 3.18. The number of hydrogen-bond donors (Lipinski definition) is 2. The number of benzene rings is 2. The van der Waals surface area contributed by atoms with Crippen molar-refractivity contribution < 1.29 is 32.2 Å². The summed E-state index contributed by atoms with van der Waals surface area (Å²) in [6.45, 7) is 0. The molecule has 13 heteroatoms. The number of nitrogens with one attached hydrogen (secondary N) is 2. The number of amides is 2. The van der Waals surface area contributed by atoms with Crippen LogP contribution in [0, 0.1) is 0 Å². The topological polar surface area (TPSA) is 76.7 Å². The maximum Gasteiger partial charge on any atom is 0.416 e. The van der Waals surface area contributed by atoms with Crippen LogP contribution in [0.4, 0.5) is 29.3 Å². The zero-order valence-corrected chi connectivity index (χ0v) is 19.4. The normalized spacial score (nSPS) is 11.1. The van der Waals surface area contributed by atoms with E-state index >= 15 is 0 Å². The predicted octanol–water partition coefficient (Wildman–Crippen LogP) is 7.95. The Hall–Kier alpha value is -2.66. The number of halogens is 6. The molecule has 0 bridgehead atoms. The summed E-state index contributed by atoms with van der Waals surface area (Å²) < 4.78 is 50.0. The quantitative estimate of drug-likeness (QED) is 0.323. The number of methoxy groups -OCH3 is 1. The van der Waals surface area contributed by atoms with Crippen LogP contribution in [0.15, 0.2) is 41.8 Å². The third-order valence-electron chi connectivity index (χ3n) is 4.02. The molecule has 0 spiro atoms. The second-order valence-electron chi connectivity index (χ2n) is 6.24. The highest BCUT2D eigenvalue weighted by Crippen LogP contribution is 2.39. The van der Waals surface area contributed by atoms with Gasteiger partial charge in [-0.15, -0.1) is 11.3 Å². The van der Waals surface area contributed by atoms with E-state index in [1.54, 1.807) is 0 Å². The van der Waals surface area contributed by atoms with Crippen molar-refractivity contribution in [2.24, 2.45) is 0 Å². The maximum atomic E-state index is 13.2. The van der Waals surface area contributed by atoms with Gasteiger partial charge < -0.3 is 20.1 Å². The molecule has 0 radical (unpaired) electrons. The minimum absolute atomic E-state index is 0.000453. The first-order valence-corrected chi connectivity index (χ1v) is 10.8. The van der Waals surface area contributed by atoms with Gasteiger partial charge in [0, 0.05) is 5.02 Å². The van der Waals surface area contributed by atoms with Crippen molar-refractivity contribution in [3.63, 3.8) is 0 Å². The molecule has 2 N–H and O–H groups in total. The molecular formula is C20H12Cl3F3N2O4S. The molecule has 2 amide bonds. The van der Waals surface area contributed by atoms with Gasteiger partial charge in [-0.25, -0.2) is 9.59 Å². The number of ether oxygens (including phenoxy) is 2. The number of hydrogen-bond acceptors (Lipinski definition) is 5. The summed E-state index contributed by atoms with van der Waals surface area (Å²) in [5.74, 6) is -0.806. The lowest BCUT2D eigenvalue weighted by Crippen LogP contribution is -2.21. The van der Waals surface area contributed by atoms with Gasteiger partial charge in [-0.3, -0.25) is 0 Å². The number of carbonyl (C=O) groups is 2. The molecule has 0 fully saturated rings. The third kappa shape index (κ3) is 6.02. The molecule has 0 unspecified atom stereocenters. The van der Waals surface area contributed by atoms with Gasteiger partial charge in [-0.05, 0) is 41.8 Å². The van der Waals surface area contributed by atoms with Gasteiger partial charge in [0.1, 0.15) is 0 Å². The summed E-state index contributed by atoms with van der Waals surface area (Å²) in [4.78, 5) is 24.5. The van der Waals surface area contributed by atoms with Gasteiger partial charge >= 0.3 is 18.2 Å². The van der Waals surface area contributed by atoms with Gasteiger partial charge in [-0.2, -0.15) is 13.2 Å². The van der Waals surface area contributed by atoms with Crippen molar-refractivity contribution in [2.45, 2.75) is 6.18 Å². The molecule has 0 aliphatic carbocycles. The third-order valence-corrected chi connectivity index (χ3v) is 5.71. The second kappa shape index (κ2) is 10.1. The van der Waals surface area contributed by atoms with E-state index in [0.29, 0.717) is 6.07 Å². The van der Waals surface area contributed by atoms with Crippen LogP contribution < -0.4 is 15.4 Å². The standard InChI is InChI=1S/C20H12Cl3F3N2O4S/c1-31-18(29)17-15(4-5-33-17)32-14-3-2-9(20(24,25)26)6-13(14)27-19(30)28-16-11(22)7-10(21)8-12(16)23/h2-8H,1H3,(H2,27,28,30). The van der Waals surface area contributed by atoms with Crippen LogP contribution in [0.25, 0.3) is 0 Å². The number of rotatable bonds is 5. The van der Waals surface area contributed by atoms with E-state index in [9.17, 15) is 22.8 Å². The number of urea groups is 1. The van der Waals surface area contributed by atoms with Crippen molar-refractivity contribution in [2.75, 3.05) is 17.7 Å². The number of anilines is 2. The van der Waals surface area contributed by atoms with Crippen LogP contribution in [0.5, 0.6) is 11.5 Å². The van der Waals surface area contributed by atoms with E-state index in [1.807, 2.05) is 0 Å². The van der Waals surface area contributed by atoms with Gasteiger partial charge in [-0.1, -0.05) is 34.8 Å². The fourth-order valence-electron chi connectivity index (χ4n) is 2.56. The Morgan fingerprint density at radius 3 is 2.24 bits per heavy atom. The lowest BCUT2D eigenvalue weighted by molar-refractivity contribution is -0.137. The first kappa shape index (κ1) is 25.0. The average molecular weight is 540 g/mol. The highest BCUT2D eigenvalue weighted by Gasteiger charge is 2.32. The summed E-state index contributed by atoms with van der Waals surface area (Å²) in [6.07, 6.45) is -4.69. The predicted molar refractivity (Wildman–Crippen MR) is 121 cm³/mol. The molecule has 0 atom stereocenters. The van der Waals surface area contributed by atoms with E-state index in [0.717, 1.165) is 23.5 Å². The van der Waals surface area contributed by atoms with Crippen molar-refractivity contribution in [3.05, 3.63) is 67.3 Å². The molecule has 6 nitrogen and oxygen atoms in total. The molecule has 3 aromatic rings. The zero-order valence-electron chi connectivity index (χ0n) is 16.4. The van der Waals surface area contributed by atoms with Crippen LogP contribution in [-0.4, -0.2) is 19.1 Å². The molecule has 0 aliphatic rings. The number of thiophene rings is 1. The van der Waals surface area contributed by atoms with Crippen LogP contribution in [0.1, 0.15) is 15.2 Å². The van der Waals surface area contributed by atoms with E-state index in [2.05, 4.69) is 15.4 Å². The van der Waals surface area contributed by atoms with E-state index < -0.39 is 23.7 Å². The lowest BCUT2D eigenvalue weighted by atomic mass is 10.1. The first-order valence-electron chi connectivity index (χ1n) is 8.77. The number of carbonyl (C=O) groups excluding carboxylic acids is 2. The van der Waals surface area contributed by atoms with Gasteiger partial charge in [0.2, 0.25) is 0 Å². The molecular weight excluding hydrogens is 528 g/mol. The zero-order chi connectivity index (χ0) is 24.3. The highest BCUT2D eigenvalue weighted by atomic mass is 35.5. The second-order valence-corrected chi connectivity index (χ2v) is 8.41. The molecule has 0 saturated carbocycles. The van der Waals surface area contributed by atoms with Gasteiger partial charge in [0.25, 0.3) is 0 Å². The Labute approximate surface area is 204 Å². The SMILES string of the molecule is COC(=O)c1sccc1Oc1ccc(C(F)(F)F)cc1NC(=O)Nc1c(Cl)cc(Cl)cc1Cl. The molecule has 1 heterocycles. The molecule has 174 valence electrons. The van der Waals surface area contributed by atoms with E-state index in [4.69, 9.17) is 39.5 Å². The maximum absolute atomic E-state index is 13.2. The summed E-state index contributed by atoms with van der Waals surface area (Å²) in [6, 6.07) is 5.61. The number of esters is 1. The van der Waals surface area contributed by atoms with Gasteiger partial charge in [0.05, 0.1) is 34.1 Å². The van der Waals surface area contributed by atoms with Crippen molar-refractivity contribution >= 4 is 69.5 Å². The molecule has 1 aromatic heterocycles. The molecule has 3 rings (SSSR count). The first-order chi connectivity index (χ1) is 15.5. The van der Waals surface area contributed by atoms with Crippen molar-refractivity contribution in [3.8, 4) is 11.5 Å². The van der Waals surface area contributed by atoms with Crippen LogP contribution in [-0.2, 0) is 10.9 Å². The largest absolute Gasteiger partial charge is 0.465 e. The fraction of sp³-hybridized carbons (Fsp3) is 0.100. The van der Waals surface area contributed by atoms with Crippen LogP contribution in [0.3, 0.4) is 0 Å². The Kier molecular flexibility index (Phi) is 7.63. The van der Waals surface area contributed by atoms with E-state index in [1.165, 1.54) is 30.7 Å². The molecule has 0 saturated heterocycles. The Morgan fingerprint density at radius 1 is 0.970 bits per heavy atom. The summed E-state index contributed by atoms with van der Waals surface area (Å²) in [5.41, 5.74) is -1.36. The van der Waals surface area contributed by atoms with Crippen molar-refractivity contribution in [1.29, 1.82) is 0 Å². The smallest absolute Gasteiger partial charge is 0.416 e. The van der Waals surface area contributed by atoms with Gasteiger partial charge in [0.15, 0.2) is 16.4 Å². The van der Waals surface area contributed by atoms with Crippen molar-refractivity contribution in [1.82, 2.24) is 0 Å². The Morgan fingerprint density at radius 2 is 1.64 bits per heavy atom. The Balaban J connectivity index is 1.93. The summed E-state index contributed by atoms with van der Waals surface area (Å²) in [7, 11) is 1.17. The number of alkyl halides is 3. The molecule has 2 aromatic carbocycles. The molecule has 0 aliphatic heterocycles. The Bertz CT molecular complexity index is 1190. The monoisotopic (exact) mass is 538 g/mol. The fourth-order valence-corrected chi connectivity index (χ4v) is 4.20. The summed E-state index contributed by atoms with van der Waals surface area (Å²) in [5, 5.41) is 6.43. The molecule has 33 heavy (non-hydrogen) atoms.